The molecular formula is C19H29NO3. The van der Waals surface area contributed by atoms with E-state index in [0.717, 1.165) is 24.4 Å². The van der Waals surface area contributed by atoms with Crippen molar-refractivity contribution < 1.29 is 15.3 Å². The monoisotopic (exact) mass is 319 g/mol. The molecule has 0 aromatic heterocycles. The molecule has 4 heteroatoms. The van der Waals surface area contributed by atoms with Crippen LogP contribution in [0.1, 0.15) is 68.6 Å². The predicted octanol–water partition coefficient (Wildman–Crippen LogP) is 3.40. The summed E-state index contributed by atoms with van der Waals surface area (Å²) < 4.78 is 0. The molecule has 23 heavy (non-hydrogen) atoms. The van der Waals surface area contributed by atoms with Gasteiger partial charge in [0.1, 0.15) is 0 Å². The SMILES string of the molecule is Oc1ccc2c(c1O)CCC(NCCCC1CCCCC1)C2O. The molecule has 2 atom stereocenters. The van der Waals surface area contributed by atoms with Gasteiger partial charge in [-0.2, -0.15) is 0 Å². The van der Waals surface area contributed by atoms with Crippen molar-refractivity contribution in [2.45, 2.75) is 69.9 Å². The fraction of sp³-hybridized carbons (Fsp3) is 0.684. The Bertz CT molecular complexity index is 526. The summed E-state index contributed by atoms with van der Waals surface area (Å²) in [4.78, 5) is 0. The quantitative estimate of drug-likeness (QED) is 0.496. The smallest absolute Gasteiger partial charge is 0.161 e. The van der Waals surface area contributed by atoms with Gasteiger partial charge in [0.25, 0.3) is 0 Å². The first-order valence-electron chi connectivity index (χ1n) is 9.12. The van der Waals surface area contributed by atoms with E-state index in [2.05, 4.69) is 5.32 Å². The first-order valence-corrected chi connectivity index (χ1v) is 9.12. The summed E-state index contributed by atoms with van der Waals surface area (Å²) >= 11 is 0. The minimum Gasteiger partial charge on any atom is -0.504 e. The number of aliphatic hydroxyl groups is 1. The van der Waals surface area contributed by atoms with E-state index in [-0.39, 0.29) is 17.5 Å². The topological polar surface area (TPSA) is 72.7 Å². The lowest BCUT2D eigenvalue weighted by molar-refractivity contribution is 0.113. The van der Waals surface area contributed by atoms with E-state index in [4.69, 9.17) is 0 Å². The third-order valence-corrected chi connectivity index (χ3v) is 5.62. The van der Waals surface area contributed by atoms with Crippen molar-refractivity contribution in [3.63, 3.8) is 0 Å². The summed E-state index contributed by atoms with van der Waals surface area (Å²) in [6, 6.07) is 3.23. The molecule has 3 rings (SSSR count). The molecule has 0 amide bonds. The van der Waals surface area contributed by atoms with Gasteiger partial charge in [-0.1, -0.05) is 38.2 Å². The third-order valence-electron chi connectivity index (χ3n) is 5.62. The van der Waals surface area contributed by atoms with Crippen LogP contribution < -0.4 is 5.32 Å². The Hall–Kier alpha value is -1.26. The van der Waals surface area contributed by atoms with Crippen molar-refractivity contribution in [3.8, 4) is 11.5 Å². The van der Waals surface area contributed by atoms with E-state index < -0.39 is 6.10 Å². The minimum absolute atomic E-state index is 0.0396. The molecule has 2 aliphatic carbocycles. The van der Waals surface area contributed by atoms with Gasteiger partial charge in [-0.15, -0.1) is 0 Å². The van der Waals surface area contributed by atoms with Gasteiger partial charge in [-0.05, 0) is 49.8 Å². The molecule has 1 saturated carbocycles. The molecule has 128 valence electrons. The second-order valence-corrected chi connectivity index (χ2v) is 7.19. The van der Waals surface area contributed by atoms with Crippen molar-refractivity contribution in [2.75, 3.05) is 6.54 Å². The summed E-state index contributed by atoms with van der Waals surface area (Å²) in [6.45, 7) is 0.942. The zero-order valence-corrected chi connectivity index (χ0v) is 13.8. The molecule has 0 aliphatic heterocycles. The van der Waals surface area contributed by atoms with E-state index in [9.17, 15) is 15.3 Å². The number of phenols is 2. The van der Waals surface area contributed by atoms with Gasteiger partial charge >= 0.3 is 0 Å². The maximum absolute atomic E-state index is 10.5. The number of hydrogen-bond donors (Lipinski definition) is 4. The summed E-state index contributed by atoms with van der Waals surface area (Å²) in [6.07, 6.45) is 10.3. The highest BCUT2D eigenvalue weighted by atomic mass is 16.3. The molecule has 2 aliphatic rings. The van der Waals surface area contributed by atoms with Crippen LogP contribution in [0, 0.1) is 5.92 Å². The van der Waals surface area contributed by atoms with E-state index >= 15 is 0 Å². The van der Waals surface area contributed by atoms with Gasteiger partial charge < -0.3 is 20.6 Å². The molecule has 0 bridgehead atoms. The van der Waals surface area contributed by atoms with Crippen LogP contribution in [-0.2, 0) is 6.42 Å². The van der Waals surface area contributed by atoms with E-state index in [1.54, 1.807) is 6.07 Å². The maximum atomic E-state index is 10.5. The predicted molar refractivity (Wildman–Crippen MR) is 90.7 cm³/mol. The third kappa shape index (κ3) is 3.81. The van der Waals surface area contributed by atoms with Crippen LogP contribution in [0.25, 0.3) is 0 Å². The van der Waals surface area contributed by atoms with Crippen molar-refractivity contribution in [1.29, 1.82) is 0 Å². The first-order chi connectivity index (χ1) is 11.2. The number of aliphatic hydroxyl groups excluding tert-OH is 1. The Morgan fingerprint density at radius 1 is 1.04 bits per heavy atom. The normalized spacial score (nSPS) is 25.3. The van der Waals surface area contributed by atoms with Crippen LogP contribution in [0.3, 0.4) is 0 Å². The van der Waals surface area contributed by atoms with Gasteiger partial charge in [-0.3, -0.25) is 0 Å². The van der Waals surface area contributed by atoms with Gasteiger partial charge in [-0.25, -0.2) is 0 Å². The number of fused-ring (bicyclic) bond motifs is 1. The molecule has 4 N–H and O–H groups in total. The lowest BCUT2D eigenvalue weighted by Crippen LogP contribution is -2.39. The second kappa shape index (κ2) is 7.54. The van der Waals surface area contributed by atoms with Crippen LogP contribution in [0.5, 0.6) is 11.5 Å². The molecule has 1 fully saturated rings. The highest BCUT2D eigenvalue weighted by Crippen LogP contribution is 2.39. The largest absolute Gasteiger partial charge is 0.504 e. The van der Waals surface area contributed by atoms with Gasteiger partial charge in [0.15, 0.2) is 11.5 Å². The molecule has 0 heterocycles. The Kier molecular flexibility index (Phi) is 5.44. The fourth-order valence-electron chi connectivity index (χ4n) is 4.22. The van der Waals surface area contributed by atoms with Crippen LogP contribution in [0.4, 0.5) is 0 Å². The number of hydrogen-bond acceptors (Lipinski definition) is 4. The van der Waals surface area contributed by atoms with Crippen LogP contribution >= 0.6 is 0 Å². The average Bonchev–Trinajstić information content (AvgIpc) is 2.58. The summed E-state index contributed by atoms with van der Waals surface area (Å²) in [5.41, 5.74) is 1.44. The number of nitrogens with one attached hydrogen (secondary N) is 1. The Morgan fingerprint density at radius 3 is 2.61 bits per heavy atom. The Labute approximate surface area is 138 Å². The summed E-state index contributed by atoms with van der Waals surface area (Å²) in [5.74, 6) is 0.731. The van der Waals surface area contributed by atoms with E-state index in [1.807, 2.05) is 0 Å². The maximum Gasteiger partial charge on any atom is 0.161 e. The Morgan fingerprint density at radius 2 is 1.83 bits per heavy atom. The van der Waals surface area contributed by atoms with Crippen LogP contribution in [-0.4, -0.2) is 27.9 Å². The molecule has 0 spiro atoms. The molecule has 1 aromatic carbocycles. The fourth-order valence-corrected chi connectivity index (χ4v) is 4.22. The zero-order valence-electron chi connectivity index (χ0n) is 13.8. The highest BCUT2D eigenvalue weighted by Gasteiger charge is 2.30. The van der Waals surface area contributed by atoms with Crippen LogP contribution in [0.15, 0.2) is 12.1 Å². The van der Waals surface area contributed by atoms with Gasteiger partial charge in [0.2, 0.25) is 0 Å². The lowest BCUT2D eigenvalue weighted by Gasteiger charge is -2.31. The summed E-state index contributed by atoms with van der Waals surface area (Å²) in [5, 5.41) is 33.5. The molecule has 0 saturated heterocycles. The zero-order chi connectivity index (χ0) is 16.2. The van der Waals surface area contributed by atoms with Crippen molar-refractivity contribution in [2.24, 2.45) is 5.92 Å². The lowest BCUT2D eigenvalue weighted by atomic mass is 9.84. The highest BCUT2D eigenvalue weighted by molar-refractivity contribution is 5.51. The van der Waals surface area contributed by atoms with Gasteiger partial charge in [0.05, 0.1) is 6.10 Å². The first kappa shape index (κ1) is 16.6. The average molecular weight is 319 g/mol. The number of phenolic OH excluding ortho intramolecular Hbond substituents is 2. The number of rotatable bonds is 5. The summed E-state index contributed by atoms with van der Waals surface area (Å²) in [7, 11) is 0. The minimum atomic E-state index is -0.611. The molecule has 2 unspecified atom stereocenters. The van der Waals surface area contributed by atoms with E-state index in [1.165, 1.54) is 51.0 Å². The molecule has 1 aromatic rings. The van der Waals surface area contributed by atoms with Crippen LogP contribution in [0.2, 0.25) is 0 Å². The standard InChI is InChI=1S/C19H29NO3/c21-17-11-9-14-15(19(17)23)8-10-16(18(14)22)20-12-4-7-13-5-2-1-3-6-13/h9,11,13,16,18,20-23H,1-8,10,12H2. The van der Waals surface area contributed by atoms with E-state index in [0.29, 0.717) is 12.0 Å². The second-order valence-electron chi connectivity index (χ2n) is 7.19. The van der Waals surface area contributed by atoms with Crippen molar-refractivity contribution >= 4 is 0 Å². The van der Waals surface area contributed by atoms with Gasteiger partial charge in [0, 0.05) is 11.6 Å². The Balaban J connectivity index is 1.49. The number of aromatic hydroxyl groups is 2. The molecule has 4 nitrogen and oxygen atoms in total. The van der Waals surface area contributed by atoms with Crippen molar-refractivity contribution in [3.05, 3.63) is 23.3 Å². The molecular weight excluding hydrogens is 290 g/mol. The van der Waals surface area contributed by atoms with Crippen molar-refractivity contribution in [1.82, 2.24) is 5.32 Å². The number of benzene rings is 1. The molecule has 0 radical (unpaired) electrons.